The monoisotopic (exact) mass is 252 g/mol. The summed E-state index contributed by atoms with van der Waals surface area (Å²) in [5.74, 6) is -0.299. The van der Waals surface area contributed by atoms with Crippen LogP contribution in [0.4, 0.5) is 4.39 Å². The molecule has 0 bridgehead atoms. The van der Waals surface area contributed by atoms with E-state index in [1.54, 1.807) is 44.9 Å². The van der Waals surface area contributed by atoms with Gasteiger partial charge >= 0.3 is 0 Å². The highest BCUT2D eigenvalue weighted by Gasteiger charge is 2.25. The first-order valence-electron chi connectivity index (χ1n) is 6.01. The lowest BCUT2D eigenvalue weighted by Gasteiger charge is -2.25. The fourth-order valence-electron chi connectivity index (χ4n) is 1.75. The van der Waals surface area contributed by atoms with E-state index >= 15 is 0 Å². The number of hydrogen-bond donors (Lipinski definition) is 1. The lowest BCUT2D eigenvalue weighted by Crippen LogP contribution is -2.50. The summed E-state index contributed by atoms with van der Waals surface area (Å²) in [6.07, 6.45) is 0.694. The average Bonchev–Trinajstić information content (AvgIpc) is 2.28. The van der Waals surface area contributed by atoms with Gasteiger partial charge < -0.3 is 10.6 Å². The number of rotatable bonds is 4. The summed E-state index contributed by atoms with van der Waals surface area (Å²) in [5, 5.41) is 0. The number of aryl methyl sites for hydroxylation is 1. The second kappa shape index (κ2) is 5.48. The molecule has 1 aromatic carbocycles. The molecule has 1 aromatic rings. The molecule has 2 N–H and O–H groups in total. The molecule has 0 spiro atoms. The van der Waals surface area contributed by atoms with Crippen LogP contribution in [0.25, 0.3) is 0 Å². The molecular formula is C14H21FN2O. The Hall–Kier alpha value is -1.42. The van der Waals surface area contributed by atoms with Gasteiger partial charge in [-0.15, -0.1) is 0 Å². The van der Waals surface area contributed by atoms with Crippen LogP contribution in [-0.4, -0.2) is 29.9 Å². The van der Waals surface area contributed by atoms with Crippen LogP contribution in [0.1, 0.15) is 25.0 Å². The number of hydrogen-bond acceptors (Lipinski definition) is 2. The van der Waals surface area contributed by atoms with Crippen LogP contribution in [-0.2, 0) is 11.2 Å². The maximum atomic E-state index is 13.1. The SMILES string of the molecule is Cc1cc(CCN(C)C(=O)C(C)(C)N)ccc1F. The smallest absolute Gasteiger partial charge is 0.241 e. The predicted octanol–water partition coefficient (Wildman–Crippen LogP) is 1.87. The van der Waals surface area contributed by atoms with Gasteiger partial charge in [0.15, 0.2) is 0 Å². The van der Waals surface area contributed by atoms with Crippen LogP contribution in [0.5, 0.6) is 0 Å². The Bertz CT molecular complexity index is 438. The quantitative estimate of drug-likeness (QED) is 0.889. The maximum absolute atomic E-state index is 13.1. The van der Waals surface area contributed by atoms with Gasteiger partial charge in [0.2, 0.25) is 5.91 Å². The second-order valence-corrected chi connectivity index (χ2v) is 5.28. The first-order chi connectivity index (χ1) is 8.21. The van der Waals surface area contributed by atoms with Crippen molar-refractivity contribution < 1.29 is 9.18 Å². The van der Waals surface area contributed by atoms with Gasteiger partial charge in [0.1, 0.15) is 5.82 Å². The van der Waals surface area contributed by atoms with E-state index in [1.807, 2.05) is 0 Å². The molecule has 0 aromatic heterocycles. The van der Waals surface area contributed by atoms with Crippen molar-refractivity contribution in [2.24, 2.45) is 5.73 Å². The van der Waals surface area contributed by atoms with Crippen LogP contribution in [0.2, 0.25) is 0 Å². The Morgan fingerprint density at radius 3 is 2.56 bits per heavy atom. The normalized spacial score (nSPS) is 11.4. The molecule has 4 heteroatoms. The molecule has 100 valence electrons. The van der Waals surface area contributed by atoms with Crippen molar-refractivity contribution in [3.05, 3.63) is 35.1 Å². The molecule has 0 aliphatic carbocycles. The first-order valence-corrected chi connectivity index (χ1v) is 6.01. The number of carbonyl (C=O) groups is 1. The number of nitrogens with two attached hydrogens (primary N) is 1. The van der Waals surface area contributed by atoms with Crippen LogP contribution in [0.3, 0.4) is 0 Å². The number of carbonyl (C=O) groups excluding carboxylic acids is 1. The van der Waals surface area contributed by atoms with Gasteiger partial charge in [0, 0.05) is 13.6 Å². The molecule has 1 amide bonds. The minimum Gasteiger partial charge on any atom is -0.344 e. The second-order valence-electron chi connectivity index (χ2n) is 5.28. The lowest BCUT2D eigenvalue weighted by atomic mass is 10.0. The van der Waals surface area contributed by atoms with Crippen molar-refractivity contribution in [1.29, 1.82) is 0 Å². The third-order valence-electron chi connectivity index (χ3n) is 2.86. The van der Waals surface area contributed by atoms with Crippen LogP contribution < -0.4 is 5.73 Å². The minimum atomic E-state index is -0.854. The predicted molar refractivity (Wildman–Crippen MR) is 70.7 cm³/mol. The van der Waals surface area contributed by atoms with E-state index in [1.165, 1.54) is 6.07 Å². The number of halogens is 1. The Balaban J connectivity index is 2.60. The van der Waals surface area contributed by atoms with Gasteiger partial charge in [-0.05, 0) is 44.4 Å². The third kappa shape index (κ3) is 3.81. The van der Waals surface area contributed by atoms with E-state index in [9.17, 15) is 9.18 Å². The fourth-order valence-corrected chi connectivity index (χ4v) is 1.75. The molecule has 1 rings (SSSR count). The number of nitrogens with zero attached hydrogens (tertiary/aromatic N) is 1. The number of amides is 1. The summed E-state index contributed by atoms with van der Waals surface area (Å²) < 4.78 is 13.1. The first kappa shape index (κ1) is 14.6. The van der Waals surface area contributed by atoms with E-state index in [4.69, 9.17) is 5.73 Å². The molecule has 0 aliphatic heterocycles. The average molecular weight is 252 g/mol. The van der Waals surface area contributed by atoms with Gasteiger partial charge in [-0.1, -0.05) is 12.1 Å². The summed E-state index contributed by atoms with van der Waals surface area (Å²) in [7, 11) is 1.73. The summed E-state index contributed by atoms with van der Waals surface area (Å²) in [6.45, 7) is 5.68. The van der Waals surface area contributed by atoms with Crippen molar-refractivity contribution in [2.75, 3.05) is 13.6 Å². The van der Waals surface area contributed by atoms with Crippen LogP contribution in [0.15, 0.2) is 18.2 Å². The zero-order chi connectivity index (χ0) is 13.9. The molecule has 0 fully saturated rings. The molecule has 0 aliphatic rings. The van der Waals surface area contributed by atoms with Gasteiger partial charge in [0.05, 0.1) is 5.54 Å². The number of likely N-dealkylation sites (N-methyl/N-ethyl adjacent to an activating group) is 1. The largest absolute Gasteiger partial charge is 0.344 e. The van der Waals surface area contributed by atoms with E-state index in [0.717, 1.165) is 5.56 Å². The Labute approximate surface area is 108 Å². The van der Waals surface area contributed by atoms with E-state index in [0.29, 0.717) is 18.5 Å². The van der Waals surface area contributed by atoms with E-state index in [-0.39, 0.29) is 11.7 Å². The van der Waals surface area contributed by atoms with Gasteiger partial charge in [-0.2, -0.15) is 0 Å². The molecule has 0 radical (unpaired) electrons. The molecule has 3 nitrogen and oxygen atoms in total. The van der Waals surface area contributed by atoms with Crippen LogP contribution >= 0.6 is 0 Å². The molecule has 18 heavy (non-hydrogen) atoms. The summed E-state index contributed by atoms with van der Waals surface area (Å²) in [5.41, 5.74) is 6.54. The summed E-state index contributed by atoms with van der Waals surface area (Å²) in [4.78, 5) is 13.5. The van der Waals surface area contributed by atoms with Crippen molar-refractivity contribution in [3.63, 3.8) is 0 Å². The Kier molecular flexibility index (Phi) is 4.46. The zero-order valence-corrected chi connectivity index (χ0v) is 11.5. The van der Waals surface area contributed by atoms with Crippen molar-refractivity contribution in [3.8, 4) is 0 Å². The summed E-state index contributed by atoms with van der Waals surface area (Å²) >= 11 is 0. The highest BCUT2D eigenvalue weighted by molar-refractivity contribution is 5.84. The highest BCUT2D eigenvalue weighted by atomic mass is 19.1. The van der Waals surface area contributed by atoms with Crippen LogP contribution in [0, 0.1) is 12.7 Å². The van der Waals surface area contributed by atoms with Crippen molar-refractivity contribution in [2.45, 2.75) is 32.7 Å². The topological polar surface area (TPSA) is 46.3 Å². The molecule has 0 saturated carbocycles. The number of benzene rings is 1. The van der Waals surface area contributed by atoms with E-state index < -0.39 is 5.54 Å². The maximum Gasteiger partial charge on any atom is 0.241 e. The van der Waals surface area contributed by atoms with Crippen molar-refractivity contribution in [1.82, 2.24) is 4.90 Å². The summed E-state index contributed by atoms with van der Waals surface area (Å²) in [6, 6.07) is 5.01. The molecule has 0 saturated heterocycles. The Morgan fingerprint density at radius 1 is 1.44 bits per heavy atom. The molecule has 0 atom stereocenters. The van der Waals surface area contributed by atoms with Gasteiger partial charge in [-0.25, -0.2) is 4.39 Å². The van der Waals surface area contributed by atoms with E-state index in [2.05, 4.69) is 0 Å². The van der Waals surface area contributed by atoms with Gasteiger partial charge in [-0.3, -0.25) is 4.79 Å². The third-order valence-corrected chi connectivity index (χ3v) is 2.86. The lowest BCUT2D eigenvalue weighted by molar-refractivity contribution is -0.134. The minimum absolute atomic E-state index is 0.0960. The standard InChI is InChI=1S/C14H21FN2O/c1-10-9-11(5-6-12(10)15)7-8-17(4)13(18)14(2,3)16/h5-6,9H,7-8,16H2,1-4H3. The van der Waals surface area contributed by atoms with Gasteiger partial charge in [0.25, 0.3) is 0 Å². The van der Waals surface area contributed by atoms with Crippen molar-refractivity contribution >= 4 is 5.91 Å². The highest BCUT2D eigenvalue weighted by Crippen LogP contribution is 2.11. The molecule has 0 unspecified atom stereocenters. The molecule has 0 heterocycles. The fraction of sp³-hybridized carbons (Fsp3) is 0.500. The molecular weight excluding hydrogens is 231 g/mol. The Morgan fingerprint density at radius 2 is 2.06 bits per heavy atom. The zero-order valence-electron chi connectivity index (χ0n) is 11.5.